The molecular weight excluding hydrogens is 857 g/mol. The second kappa shape index (κ2) is 16.7. The Morgan fingerprint density at radius 3 is 1.45 bits per heavy atom. The zero-order chi connectivity index (χ0) is 65.7. The van der Waals surface area contributed by atoms with Gasteiger partial charge < -0.3 is 8.98 Å². The summed E-state index contributed by atoms with van der Waals surface area (Å²) in [5, 5.41) is 2.35. The minimum atomic E-state index is -3.22. The van der Waals surface area contributed by atoms with Crippen LogP contribution < -0.4 is 20.7 Å². The third-order valence-corrected chi connectivity index (χ3v) is 16.8. The van der Waals surface area contributed by atoms with E-state index in [0.29, 0.717) is 0 Å². The van der Waals surface area contributed by atoms with E-state index in [1.54, 1.807) is 12.1 Å². The SMILES string of the molecule is [2H]c1c([2H])c(-c2nc(-c3ccc([Si](c4ccccc4)(c4ccccc4)c4ccccc4)cc3)nc(-c3c([2H])c([2H])c([2H])c(-n4c5c([2H])c([2H])c([2H])c([2H])c5c5c([2H])c([2H])c([2H])c([2H])c54)c3[2H])n2)c([2H])c(-c2c([2H])c([2H])c([2H])c3oc4c([2H])c([2H])c([2H])c([2H])c4c23)c1[2H]. The van der Waals surface area contributed by atoms with E-state index in [-0.39, 0.29) is 22.2 Å². The van der Waals surface area contributed by atoms with Crippen molar-refractivity contribution in [2.75, 3.05) is 0 Å². The van der Waals surface area contributed by atoms with E-state index < -0.39 is 220 Å². The van der Waals surface area contributed by atoms with Crippen LogP contribution in [-0.2, 0) is 0 Å². The fourth-order valence-corrected chi connectivity index (χ4v) is 13.7. The molecule has 13 rings (SSSR count). The average Bonchev–Trinajstić information content (AvgIpc) is 1.50. The van der Waals surface area contributed by atoms with Gasteiger partial charge in [0.2, 0.25) is 0 Å². The molecule has 13 aromatic rings. The van der Waals surface area contributed by atoms with E-state index >= 15 is 0 Å². The number of hydrogen-bond donors (Lipinski definition) is 0. The number of benzene rings is 10. The summed E-state index contributed by atoms with van der Waals surface area (Å²) in [5.74, 6) is -1.62. The summed E-state index contributed by atoms with van der Waals surface area (Å²) in [5.41, 5.74) is -5.09. The summed E-state index contributed by atoms with van der Waals surface area (Å²) in [6.45, 7) is 0. The Bertz CT molecular complexity index is 5210. The van der Waals surface area contributed by atoms with Crippen LogP contribution in [0.4, 0.5) is 0 Å². The molecule has 0 unspecified atom stereocenters. The minimum Gasteiger partial charge on any atom is -0.456 e. The van der Waals surface area contributed by atoms with Gasteiger partial charge in [0.25, 0.3) is 0 Å². The monoisotopic (exact) mass is 921 g/mol. The molecule has 6 heteroatoms. The largest absolute Gasteiger partial charge is 0.456 e. The van der Waals surface area contributed by atoms with E-state index in [0.717, 1.165) is 25.3 Å². The molecule has 0 radical (unpaired) electrons. The lowest BCUT2D eigenvalue weighted by Crippen LogP contribution is -2.74. The Kier molecular flexibility index (Phi) is 5.61. The van der Waals surface area contributed by atoms with Gasteiger partial charge in [0.1, 0.15) is 11.2 Å². The van der Waals surface area contributed by atoms with Gasteiger partial charge in [0.05, 0.1) is 42.6 Å². The highest BCUT2D eigenvalue weighted by atomic mass is 28.3. The van der Waals surface area contributed by atoms with E-state index in [2.05, 4.69) is 41.4 Å². The first-order valence-corrected chi connectivity index (χ1v) is 23.5. The van der Waals surface area contributed by atoms with Crippen LogP contribution in [0.5, 0.6) is 0 Å². The lowest BCUT2D eigenvalue weighted by Gasteiger charge is -2.34. The van der Waals surface area contributed by atoms with Gasteiger partial charge in [0, 0.05) is 43.9 Å². The van der Waals surface area contributed by atoms with Crippen molar-refractivity contribution < 1.29 is 35.9 Å². The van der Waals surface area contributed by atoms with E-state index in [9.17, 15) is 15.1 Å². The number of nitrogens with zero attached hydrogens (tertiary/aromatic N) is 4. The van der Waals surface area contributed by atoms with Gasteiger partial charge in [-0.05, 0) is 74.2 Å². The van der Waals surface area contributed by atoms with Gasteiger partial charge in [-0.15, -0.1) is 0 Å². The highest BCUT2D eigenvalue weighted by molar-refractivity contribution is 7.19. The third kappa shape index (κ3) is 6.80. The number of hydrogen-bond acceptors (Lipinski definition) is 4. The Morgan fingerprint density at radius 1 is 0.377 bits per heavy atom. The first-order chi connectivity index (χ1) is 43.8. The van der Waals surface area contributed by atoms with Crippen molar-refractivity contribution in [2.45, 2.75) is 0 Å². The molecule has 0 aliphatic carbocycles. The Hall–Kier alpha value is -8.97. The molecule has 324 valence electrons. The van der Waals surface area contributed by atoms with Crippen molar-refractivity contribution in [3.05, 3.63) is 254 Å². The predicted octanol–water partition coefficient (Wildman–Crippen LogP) is 12.9. The van der Waals surface area contributed by atoms with Crippen LogP contribution in [0.1, 0.15) is 31.5 Å². The van der Waals surface area contributed by atoms with Crippen LogP contribution in [0.15, 0.2) is 259 Å². The number of fused-ring (bicyclic) bond motifs is 6. The molecular formula is C63H42N4OSi. The molecule has 5 nitrogen and oxygen atoms in total. The normalized spacial score (nSPS) is 16.4. The molecule has 0 amide bonds. The molecule has 3 aromatic heterocycles. The van der Waals surface area contributed by atoms with Gasteiger partial charge in [0.15, 0.2) is 25.5 Å². The highest BCUT2D eigenvalue weighted by Crippen LogP contribution is 2.38. The summed E-state index contributed by atoms with van der Waals surface area (Å²) >= 11 is 0. The van der Waals surface area contributed by atoms with E-state index in [4.69, 9.17) is 30.8 Å². The van der Waals surface area contributed by atoms with Crippen molar-refractivity contribution in [2.24, 2.45) is 0 Å². The molecule has 69 heavy (non-hydrogen) atoms. The fourth-order valence-electron chi connectivity index (χ4n) is 8.99. The zero-order valence-electron chi connectivity index (χ0n) is 58.7. The van der Waals surface area contributed by atoms with Gasteiger partial charge in [-0.25, -0.2) is 15.0 Å². The average molecular weight is 922 g/mol. The van der Waals surface area contributed by atoms with Crippen molar-refractivity contribution >= 4 is 72.6 Å². The summed E-state index contributed by atoms with van der Waals surface area (Å²) in [6.07, 6.45) is 0. The molecule has 0 saturated heterocycles. The molecule has 0 aliphatic heterocycles. The lowest BCUT2D eigenvalue weighted by atomic mass is 9.98. The first-order valence-electron chi connectivity index (χ1n) is 33.0. The summed E-state index contributed by atoms with van der Waals surface area (Å²) in [6, 6.07) is 18.4. The standard InChI is InChI=1S/C63H42N4OSi/c1-4-23-48(24-5-1)69(49-25-6-2-7-26-49,50-27-8-3-9-28-50)51-39-37-43(38-40-51)61-64-62(45-20-16-19-44(41-45)52-32-18-36-59-60(52)55-31-12-15-35-58(55)68-59)66-63(65-61)46-21-17-22-47(42-46)67-56-33-13-10-29-53(56)54-30-11-14-34-57(54)67/h1-42H/i10D,11D,12D,13D,14D,15D,16D,17D,18D,19D,20D,21D,22D,29D,30D,31D,32D,33D,34D,35D,36D,41D,42D. The molecule has 0 fully saturated rings. The smallest absolute Gasteiger partial charge is 0.179 e. The summed E-state index contributed by atoms with van der Waals surface area (Å²) < 4.78 is 216. The summed E-state index contributed by atoms with van der Waals surface area (Å²) in [7, 11) is -3.22. The van der Waals surface area contributed by atoms with Crippen molar-refractivity contribution in [3.8, 4) is 51.0 Å². The van der Waals surface area contributed by atoms with Crippen LogP contribution in [0.3, 0.4) is 0 Å². The topological polar surface area (TPSA) is 56.7 Å². The van der Waals surface area contributed by atoms with E-state index in [1.807, 2.05) is 66.7 Å². The minimum absolute atomic E-state index is 0.201. The molecule has 3 heterocycles. The second-order valence-electron chi connectivity index (χ2n) is 15.7. The van der Waals surface area contributed by atoms with Gasteiger partial charge in [-0.1, -0.05) is 212 Å². The number of rotatable bonds is 9. The lowest BCUT2D eigenvalue weighted by molar-refractivity contribution is 0.669. The molecule has 0 N–H and O–H groups in total. The van der Waals surface area contributed by atoms with E-state index in [1.165, 1.54) is 0 Å². The van der Waals surface area contributed by atoms with Gasteiger partial charge >= 0.3 is 0 Å². The van der Waals surface area contributed by atoms with Crippen LogP contribution in [-0.4, -0.2) is 27.6 Å². The van der Waals surface area contributed by atoms with Crippen LogP contribution in [0.2, 0.25) is 0 Å². The van der Waals surface area contributed by atoms with Crippen molar-refractivity contribution in [3.63, 3.8) is 0 Å². The molecule has 0 spiro atoms. The van der Waals surface area contributed by atoms with Crippen LogP contribution >= 0.6 is 0 Å². The van der Waals surface area contributed by atoms with Crippen molar-refractivity contribution in [1.82, 2.24) is 19.5 Å². The molecule has 10 aromatic carbocycles. The Balaban J connectivity index is 1.14. The van der Waals surface area contributed by atoms with Gasteiger partial charge in [-0.2, -0.15) is 0 Å². The predicted molar refractivity (Wildman–Crippen MR) is 287 cm³/mol. The maximum absolute atomic E-state index is 10.1. The van der Waals surface area contributed by atoms with Crippen LogP contribution in [0.25, 0.3) is 94.7 Å². The van der Waals surface area contributed by atoms with Gasteiger partial charge in [-0.3, -0.25) is 0 Å². The Morgan fingerprint density at radius 2 is 0.841 bits per heavy atom. The Labute approximate surface area is 432 Å². The zero-order valence-corrected chi connectivity index (χ0v) is 36.7. The fraction of sp³-hybridized carbons (Fsp3) is 0. The maximum atomic E-state index is 10.1. The first kappa shape index (κ1) is 23.2. The molecule has 0 saturated carbocycles. The summed E-state index contributed by atoms with van der Waals surface area (Å²) in [4.78, 5) is 14.3. The number of aromatic nitrogens is 4. The van der Waals surface area contributed by atoms with Crippen molar-refractivity contribution in [1.29, 1.82) is 0 Å². The number of para-hydroxylation sites is 3. The number of furan rings is 1. The van der Waals surface area contributed by atoms with Crippen LogP contribution in [0, 0.1) is 0 Å². The molecule has 0 atom stereocenters. The third-order valence-electron chi connectivity index (χ3n) is 12.0. The highest BCUT2D eigenvalue weighted by Gasteiger charge is 2.41. The maximum Gasteiger partial charge on any atom is 0.179 e. The quantitative estimate of drug-likeness (QED) is 0.107. The second-order valence-corrected chi connectivity index (χ2v) is 19.6. The molecule has 0 aliphatic rings. The molecule has 0 bridgehead atoms.